The third-order valence-electron chi connectivity index (χ3n) is 3.31. The van der Waals surface area contributed by atoms with Crippen LogP contribution in [0.15, 0.2) is 24.3 Å². The van der Waals surface area contributed by atoms with Crippen LogP contribution in [-0.2, 0) is 4.74 Å². The molecule has 1 aromatic carbocycles. The average molecular weight is 216 g/mol. The van der Waals surface area contributed by atoms with Crippen LogP contribution in [0.4, 0.5) is 0 Å². The van der Waals surface area contributed by atoms with Crippen molar-refractivity contribution in [3.05, 3.63) is 46.5 Å². The lowest BCUT2D eigenvalue weighted by Gasteiger charge is -2.27. The summed E-state index contributed by atoms with van der Waals surface area (Å²) < 4.78 is 5.88. The molecule has 0 saturated carbocycles. The zero-order valence-electron chi connectivity index (χ0n) is 10.5. The normalized spacial score (nSPS) is 21.2. The third-order valence-corrected chi connectivity index (χ3v) is 3.31. The minimum Gasteiger partial charge on any atom is -0.373 e. The topological polar surface area (TPSA) is 9.23 Å². The van der Waals surface area contributed by atoms with Crippen LogP contribution in [0.1, 0.15) is 41.2 Å². The Morgan fingerprint density at radius 2 is 1.81 bits per heavy atom. The highest BCUT2D eigenvalue weighted by atomic mass is 16.5. The van der Waals surface area contributed by atoms with E-state index in [0.717, 1.165) is 19.4 Å². The van der Waals surface area contributed by atoms with Gasteiger partial charge in [0.05, 0.1) is 12.7 Å². The second kappa shape index (κ2) is 4.42. The first-order chi connectivity index (χ1) is 7.58. The van der Waals surface area contributed by atoms with Crippen LogP contribution < -0.4 is 0 Å². The van der Waals surface area contributed by atoms with Gasteiger partial charge < -0.3 is 4.74 Å². The molecule has 86 valence electrons. The zero-order chi connectivity index (χ0) is 11.7. The van der Waals surface area contributed by atoms with Crippen molar-refractivity contribution in [3.63, 3.8) is 0 Å². The number of benzene rings is 1. The van der Waals surface area contributed by atoms with Gasteiger partial charge >= 0.3 is 0 Å². The lowest BCUT2D eigenvalue weighted by atomic mass is 9.90. The van der Waals surface area contributed by atoms with Gasteiger partial charge in [0, 0.05) is 0 Å². The zero-order valence-corrected chi connectivity index (χ0v) is 10.5. The van der Waals surface area contributed by atoms with Crippen LogP contribution in [-0.4, -0.2) is 6.61 Å². The molecule has 0 aliphatic carbocycles. The summed E-state index contributed by atoms with van der Waals surface area (Å²) in [6.45, 7) is 11.4. The Hall–Kier alpha value is -1.08. The van der Waals surface area contributed by atoms with Gasteiger partial charge in [-0.1, -0.05) is 29.8 Å². The van der Waals surface area contributed by atoms with Crippen LogP contribution in [0.3, 0.4) is 0 Å². The average Bonchev–Trinajstić information content (AvgIpc) is 2.15. The fourth-order valence-corrected chi connectivity index (χ4v) is 2.65. The van der Waals surface area contributed by atoms with Gasteiger partial charge in [-0.3, -0.25) is 0 Å². The van der Waals surface area contributed by atoms with E-state index < -0.39 is 0 Å². The van der Waals surface area contributed by atoms with E-state index in [-0.39, 0.29) is 6.10 Å². The number of rotatable bonds is 1. The standard InChI is InChI=1S/C15H20O/c1-10-5-6-16-14(9-10)15-12(3)7-11(2)8-13(15)4/h7-8,14H,1,5-6,9H2,2-4H3. The molecule has 1 heteroatoms. The van der Waals surface area contributed by atoms with Gasteiger partial charge in [0.1, 0.15) is 0 Å². The molecule has 1 aliphatic heterocycles. The molecule has 1 heterocycles. The van der Waals surface area contributed by atoms with Crippen molar-refractivity contribution >= 4 is 0 Å². The summed E-state index contributed by atoms with van der Waals surface area (Å²) >= 11 is 0. The molecule has 0 radical (unpaired) electrons. The smallest absolute Gasteiger partial charge is 0.0867 e. The third kappa shape index (κ3) is 2.19. The van der Waals surface area contributed by atoms with Crippen molar-refractivity contribution in [1.82, 2.24) is 0 Å². The van der Waals surface area contributed by atoms with Crippen LogP contribution in [0.2, 0.25) is 0 Å². The molecule has 1 aliphatic rings. The van der Waals surface area contributed by atoms with Crippen LogP contribution in [0.5, 0.6) is 0 Å². The van der Waals surface area contributed by atoms with Crippen molar-refractivity contribution in [2.75, 3.05) is 6.61 Å². The molecule has 0 aromatic heterocycles. The molecule has 0 N–H and O–H groups in total. The van der Waals surface area contributed by atoms with E-state index >= 15 is 0 Å². The van der Waals surface area contributed by atoms with Crippen LogP contribution >= 0.6 is 0 Å². The predicted octanol–water partition coefficient (Wildman–Crippen LogP) is 4.02. The Labute approximate surface area is 98.1 Å². The van der Waals surface area contributed by atoms with Gasteiger partial charge in [-0.05, 0) is 50.3 Å². The van der Waals surface area contributed by atoms with Crippen LogP contribution in [0, 0.1) is 20.8 Å². The summed E-state index contributed by atoms with van der Waals surface area (Å²) in [7, 11) is 0. The maximum atomic E-state index is 5.88. The Balaban J connectivity index is 2.35. The number of aryl methyl sites for hydroxylation is 3. The maximum Gasteiger partial charge on any atom is 0.0867 e. The molecule has 16 heavy (non-hydrogen) atoms. The van der Waals surface area contributed by atoms with E-state index in [0.29, 0.717) is 0 Å². The summed E-state index contributed by atoms with van der Waals surface area (Å²) in [5.74, 6) is 0. The molecular weight excluding hydrogens is 196 g/mol. The SMILES string of the molecule is C=C1CCOC(c2c(C)cc(C)cc2C)C1. The van der Waals surface area contributed by atoms with Gasteiger partial charge in [-0.25, -0.2) is 0 Å². The Morgan fingerprint density at radius 3 is 2.38 bits per heavy atom. The summed E-state index contributed by atoms with van der Waals surface area (Å²) in [5, 5.41) is 0. The molecule has 1 aromatic rings. The monoisotopic (exact) mass is 216 g/mol. The van der Waals surface area contributed by atoms with E-state index in [1.165, 1.54) is 27.8 Å². The molecule has 0 amide bonds. The highest BCUT2D eigenvalue weighted by Gasteiger charge is 2.21. The quantitative estimate of drug-likeness (QED) is 0.644. The van der Waals surface area contributed by atoms with Crippen molar-refractivity contribution in [1.29, 1.82) is 0 Å². The Kier molecular flexibility index (Phi) is 3.15. The molecule has 1 atom stereocenters. The first-order valence-corrected chi connectivity index (χ1v) is 5.94. The van der Waals surface area contributed by atoms with Gasteiger partial charge in [0.25, 0.3) is 0 Å². The van der Waals surface area contributed by atoms with Gasteiger partial charge in [0.2, 0.25) is 0 Å². The van der Waals surface area contributed by atoms with Crippen molar-refractivity contribution < 1.29 is 4.74 Å². The van der Waals surface area contributed by atoms with E-state index in [2.05, 4.69) is 39.5 Å². The van der Waals surface area contributed by atoms with E-state index in [1.54, 1.807) is 0 Å². The first-order valence-electron chi connectivity index (χ1n) is 5.94. The molecule has 1 saturated heterocycles. The molecule has 0 spiro atoms. The summed E-state index contributed by atoms with van der Waals surface area (Å²) in [6.07, 6.45) is 2.22. The van der Waals surface area contributed by atoms with Crippen LogP contribution in [0.25, 0.3) is 0 Å². The first kappa shape index (κ1) is 11.4. The minimum atomic E-state index is 0.224. The molecule has 0 bridgehead atoms. The van der Waals surface area contributed by atoms with E-state index in [1.807, 2.05) is 0 Å². The van der Waals surface area contributed by atoms with Crippen molar-refractivity contribution in [2.24, 2.45) is 0 Å². The highest BCUT2D eigenvalue weighted by Crippen LogP contribution is 2.34. The Morgan fingerprint density at radius 1 is 1.19 bits per heavy atom. The maximum absolute atomic E-state index is 5.88. The minimum absolute atomic E-state index is 0.224. The predicted molar refractivity (Wildman–Crippen MR) is 67.7 cm³/mol. The second-order valence-electron chi connectivity index (χ2n) is 4.88. The lowest BCUT2D eigenvalue weighted by Crippen LogP contribution is -2.15. The molecule has 2 rings (SSSR count). The van der Waals surface area contributed by atoms with Gasteiger partial charge in [-0.15, -0.1) is 0 Å². The summed E-state index contributed by atoms with van der Waals surface area (Å²) in [4.78, 5) is 0. The van der Waals surface area contributed by atoms with Crippen molar-refractivity contribution in [2.45, 2.75) is 39.7 Å². The Bertz CT molecular complexity index is 394. The molecular formula is C15H20O. The second-order valence-corrected chi connectivity index (χ2v) is 4.88. The fourth-order valence-electron chi connectivity index (χ4n) is 2.65. The van der Waals surface area contributed by atoms with E-state index in [4.69, 9.17) is 4.74 Å². The van der Waals surface area contributed by atoms with Gasteiger partial charge in [-0.2, -0.15) is 0 Å². The highest BCUT2D eigenvalue weighted by molar-refractivity contribution is 5.39. The molecule has 1 fully saturated rings. The number of ether oxygens (including phenoxy) is 1. The summed E-state index contributed by atoms with van der Waals surface area (Å²) in [5.41, 5.74) is 6.70. The number of hydrogen-bond acceptors (Lipinski definition) is 1. The number of hydrogen-bond donors (Lipinski definition) is 0. The largest absolute Gasteiger partial charge is 0.373 e. The molecule has 1 nitrogen and oxygen atoms in total. The molecule has 1 unspecified atom stereocenters. The van der Waals surface area contributed by atoms with E-state index in [9.17, 15) is 0 Å². The summed E-state index contributed by atoms with van der Waals surface area (Å²) in [6, 6.07) is 4.48. The lowest BCUT2D eigenvalue weighted by molar-refractivity contribution is 0.0344. The van der Waals surface area contributed by atoms with Gasteiger partial charge in [0.15, 0.2) is 0 Å². The fraction of sp³-hybridized carbons (Fsp3) is 0.467. The van der Waals surface area contributed by atoms with Crippen molar-refractivity contribution in [3.8, 4) is 0 Å².